The van der Waals surface area contributed by atoms with Crippen molar-refractivity contribution in [3.63, 3.8) is 0 Å². The number of hydrogen-bond donors (Lipinski definition) is 3. The molecule has 1 aromatic rings. The van der Waals surface area contributed by atoms with Gasteiger partial charge in [0, 0.05) is 19.3 Å². The Balaban J connectivity index is 2.72. The summed E-state index contributed by atoms with van der Waals surface area (Å²) >= 11 is 0. The van der Waals surface area contributed by atoms with E-state index < -0.39 is 6.03 Å². The van der Waals surface area contributed by atoms with Crippen molar-refractivity contribution in [1.82, 2.24) is 15.2 Å². The number of carbonyl (C=O) groups is 1. The Morgan fingerprint density at radius 3 is 2.91 bits per heavy atom. The van der Waals surface area contributed by atoms with Gasteiger partial charge in [-0.3, -0.25) is 9.89 Å². The number of rotatable bonds is 1. The summed E-state index contributed by atoms with van der Waals surface area (Å²) in [6.07, 6.45) is 1.43. The highest BCUT2D eigenvalue weighted by atomic mass is 16.2. The van der Waals surface area contributed by atoms with Gasteiger partial charge in [0.25, 0.3) is 5.56 Å². The van der Waals surface area contributed by atoms with Crippen LogP contribution in [-0.4, -0.2) is 23.0 Å². The molecule has 0 aliphatic rings. The number of aromatic nitrogens is 2. The van der Waals surface area contributed by atoms with E-state index in [2.05, 4.69) is 15.8 Å². The molecule has 0 aliphatic heterocycles. The van der Waals surface area contributed by atoms with Gasteiger partial charge in [0.2, 0.25) is 0 Å². The number of H-pyrrole nitrogens is 1. The van der Waals surface area contributed by atoms with Crippen molar-refractivity contribution in [3.8, 4) is 0 Å². The number of amides is 2. The summed E-state index contributed by atoms with van der Waals surface area (Å²) in [5, 5.41) is 4.80. The zero-order chi connectivity index (χ0) is 8.27. The molecule has 0 spiro atoms. The molecule has 11 heavy (non-hydrogen) atoms. The second-order valence-corrected chi connectivity index (χ2v) is 1.83. The normalized spacial score (nSPS) is 9.18. The van der Waals surface area contributed by atoms with Crippen molar-refractivity contribution >= 4 is 6.03 Å². The van der Waals surface area contributed by atoms with Crippen LogP contribution in [-0.2, 0) is 0 Å². The summed E-state index contributed by atoms with van der Waals surface area (Å²) in [4.78, 5) is 22.4. The van der Waals surface area contributed by atoms with Crippen molar-refractivity contribution in [3.05, 3.63) is 22.6 Å². The number of hydrogen-bond acceptors (Lipinski definition) is 2. The van der Waals surface area contributed by atoms with Crippen LogP contribution in [0.3, 0.4) is 0 Å². The molecule has 0 bridgehead atoms. The van der Waals surface area contributed by atoms with Crippen LogP contribution in [0.15, 0.2) is 17.1 Å². The number of nitrogens with zero attached hydrogens (tertiary/aromatic N) is 1. The summed E-state index contributed by atoms with van der Waals surface area (Å²) in [6.45, 7) is 0. The first-order valence-electron chi connectivity index (χ1n) is 2.99. The number of aromatic amines is 1. The van der Waals surface area contributed by atoms with Crippen molar-refractivity contribution in [1.29, 1.82) is 0 Å². The van der Waals surface area contributed by atoms with Crippen LogP contribution in [0.4, 0.5) is 4.79 Å². The van der Waals surface area contributed by atoms with Gasteiger partial charge in [-0.05, 0) is 0 Å². The van der Waals surface area contributed by atoms with Gasteiger partial charge in [-0.15, -0.1) is 0 Å². The fraction of sp³-hybridized carbons (Fsp3) is 0.200. The van der Waals surface area contributed by atoms with Gasteiger partial charge in [-0.2, -0.15) is 4.79 Å². The Hall–Kier alpha value is -1.72. The number of carbonyl (C=O) groups excluding carboxylic acids is 1. The van der Waals surface area contributed by atoms with E-state index in [0.29, 0.717) is 0 Å². The molecule has 60 valence electrons. The summed E-state index contributed by atoms with van der Waals surface area (Å²) in [5.41, 5.74) is 1.93. The predicted octanol–water partition coefficient (Wildman–Crippen LogP) is -0.941. The standard InChI is InChI=1S/C5H8N4O2/c1-6-5(11)8-9-4(10)2-3-7-9/h2-3,7H,1H3,(H2,6,8,11). The molecule has 1 rings (SSSR count). The average molecular weight is 156 g/mol. The largest absolute Gasteiger partial charge is 0.340 e. The first-order chi connectivity index (χ1) is 5.24. The van der Waals surface area contributed by atoms with Crippen molar-refractivity contribution in [2.75, 3.05) is 12.5 Å². The van der Waals surface area contributed by atoms with Crippen LogP contribution >= 0.6 is 0 Å². The van der Waals surface area contributed by atoms with E-state index in [9.17, 15) is 9.59 Å². The second-order valence-electron chi connectivity index (χ2n) is 1.83. The summed E-state index contributed by atoms with van der Waals surface area (Å²) in [5.74, 6) is 0. The van der Waals surface area contributed by atoms with E-state index in [0.717, 1.165) is 4.79 Å². The van der Waals surface area contributed by atoms with Crippen molar-refractivity contribution in [2.24, 2.45) is 0 Å². The maximum atomic E-state index is 10.8. The van der Waals surface area contributed by atoms with Gasteiger partial charge >= 0.3 is 6.03 Å². The first kappa shape index (κ1) is 7.39. The third-order valence-electron chi connectivity index (χ3n) is 1.09. The molecule has 2 amide bonds. The summed E-state index contributed by atoms with van der Waals surface area (Å²) in [7, 11) is 1.46. The molecule has 0 unspecified atom stereocenters. The number of urea groups is 1. The van der Waals surface area contributed by atoms with E-state index >= 15 is 0 Å². The Bertz CT molecular complexity index is 299. The maximum absolute atomic E-state index is 10.8. The molecule has 3 N–H and O–H groups in total. The first-order valence-corrected chi connectivity index (χ1v) is 2.99. The lowest BCUT2D eigenvalue weighted by molar-refractivity contribution is 0.250. The van der Waals surface area contributed by atoms with E-state index in [-0.39, 0.29) is 5.56 Å². The topological polar surface area (TPSA) is 78.9 Å². The highest BCUT2D eigenvalue weighted by molar-refractivity contribution is 5.81. The van der Waals surface area contributed by atoms with Gasteiger partial charge in [0.15, 0.2) is 0 Å². The lowest BCUT2D eigenvalue weighted by Gasteiger charge is -2.01. The minimum Gasteiger partial charge on any atom is -0.340 e. The molecular weight excluding hydrogens is 148 g/mol. The van der Waals surface area contributed by atoms with E-state index in [1.807, 2.05) is 0 Å². The van der Waals surface area contributed by atoms with Crippen LogP contribution in [0.2, 0.25) is 0 Å². The number of nitrogens with one attached hydrogen (secondary N) is 3. The monoisotopic (exact) mass is 156 g/mol. The van der Waals surface area contributed by atoms with Crippen molar-refractivity contribution in [2.45, 2.75) is 0 Å². The molecular formula is C5H8N4O2. The van der Waals surface area contributed by atoms with Gasteiger partial charge in [-0.25, -0.2) is 10.2 Å². The van der Waals surface area contributed by atoms with E-state index in [1.165, 1.54) is 19.3 Å². The molecule has 0 aliphatic carbocycles. The van der Waals surface area contributed by atoms with Gasteiger partial charge in [0.1, 0.15) is 0 Å². The molecule has 0 radical (unpaired) electrons. The summed E-state index contributed by atoms with van der Waals surface area (Å²) < 4.78 is 0. The van der Waals surface area contributed by atoms with Gasteiger partial charge in [-0.1, -0.05) is 0 Å². The molecule has 6 heteroatoms. The highest BCUT2D eigenvalue weighted by Gasteiger charge is 1.97. The van der Waals surface area contributed by atoms with Crippen LogP contribution in [0, 0.1) is 0 Å². The zero-order valence-corrected chi connectivity index (χ0v) is 5.92. The van der Waals surface area contributed by atoms with E-state index in [1.54, 1.807) is 0 Å². The fourth-order valence-corrected chi connectivity index (χ4v) is 0.566. The van der Waals surface area contributed by atoms with E-state index in [4.69, 9.17) is 0 Å². The minimum atomic E-state index is -0.449. The third-order valence-corrected chi connectivity index (χ3v) is 1.09. The maximum Gasteiger partial charge on any atom is 0.334 e. The molecule has 0 saturated heterocycles. The highest BCUT2D eigenvalue weighted by Crippen LogP contribution is 1.69. The molecule has 0 atom stereocenters. The molecule has 1 heterocycles. The van der Waals surface area contributed by atoms with Crippen LogP contribution in [0.5, 0.6) is 0 Å². The molecule has 6 nitrogen and oxygen atoms in total. The zero-order valence-electron chi connectivity index (χ0n) is 5.92. The molecule has 0 aromatic carbocycles. The second kappa shape index (κ2) is 2.91. The molecule has 0 fully saturated rings. The van der Waals surface area contributed by atoms with Crippen molar-refractivity contribution < 1.29 is 4.79 Å². The van der Waals surface area contributed by atoms with Gasteiger partial charge in [0.05, 0.1) is 0 Å². The third kappa shape index (κ3) is 1.60. The Kier molecular flexibility index (Phi) is 1.95. The molecule has 0 saturated carbocycles. The molecule has 1 aromatic heterocycles. The smallest absolute Gasteiger partial charge is 0.334 e. The lowest BCUT2D eigenvalue weighted by atomic mass is 10.7. The lowest BCUT2D eigenvalue weighted by Crippen LogP contribution is -2.36. The van der Waals surface area contributed by atoms with Crippen LogP contribution in [0.1, 0.15) is 0 Å². The minimum absolute atomic E-state index is 0.311. The van der Waals surface area contributed by atoms with Crippen LogP contribution < -0.4 is 16.3 Å². The SMILES string of the molecule is CNC(=O)Nn1[nH]ccc1=O. The Labute approximate surface area is 62.2 Å². The Morgan fingerprint density at radius 2 is 2.45 bits per heavy atom. The predicted molar refractivity (Wildman–Crippen MR) is 38.9 cm³/mol. The Morgan fingerprint density at radius 1 is 1.73 bits per heavy atom. The van der Waals surface area contributed by atoms with Crippen LogP contribution in [0.25, 0.3) is 0 Å². The fourth-order valence-electron chi connectivity index (χ4n) is 0.566. The van der Waals surface area contributed by atoms with Gasteiger partial charge < -0.3 is 5.32 Å². The quantitative estimate of drug-likeness (QED) is 0.490. The summed E-state index contributed by atoms with van der Waals surface area (Å²) in [6, 6.07) is 0.852. The average Bonchev–Trinajstić information content (AvgIpc) is 2.37.